The molecule has 29 heavy (non-hydrogen) atoms. The molecule has 0 saturated heterocycles. The lowest BCUT2D eigenvalue weighted by molar-refractivity contribution is -0.134. The fraction of sp³-hybridized carbons (Fsp3) is 0.227. The number of amides is 1. The van der Waals surface area contributed by atoms with Crippen molar-refractivity contribution in [3.05, 3.63) is 72.2 Å². The van der Waals surface area contributed by atoms with Crippen molar-refractivity contribution in [3.8, 4) is 16.9 Å². The highest BCUT2D eigenvalue weighted by Gasteiger charge is 2.21. The van der Waals surface area contributed by atoms with Gasteiger partial charge in [0.05, 0.1) is 5.69 Å². The standard InChI is InChI=1S/C22H22FN3O3/c1-3-25(4-2)20(27)15-29-22(28)19-14-26(18-8-6-5-7-9-18)24-21(19)16-10-12-17(23)13-11-16/h5-14H,3-4,15H2,1-2H3. The zero-order chi connectivity index (χ0) is 20.8. The van der Waals surface area contributed by atoms with Gasteiger partial charge in [-0.15, -0.1) is 0 Å². The van der Waals surface area contributed by atoms with Gasteiger partial charge in [0.1, 0.15) is 17.1 Å². The molecule has 0 N–H and O–H groups in total. The number of ether oxygens (including phenoxy) is 1. The van der Waals surface area contributed by atoms with Crippen LogP contribution in [-0.4, -0.2) is 46.3 Å². The maximum absolute atomic E-state index is 13.3. The van der Waals surface area contributed by atoms with E-state index < -0.39 is 5.97 Å². The molecule has 2 aromatic carbocycles. The van der Waals surface area contributed by atoms with Gasteiger partial charge in [0, 0.05) is 24.8 Å². The Labute approximate surface area is 168 Å². The minimum atomic E-state index is -0.660. The van der Waals surface area contributed by atoms with Gasteiger partial charge in [-0.1, -0.05) is 18.2 Å². The highest BCUT2D eigenvalue weighted by atomic mass is 19.1. The van der Waals surface area contributed by atoms with E-state index in [9.17, 15) is 14.0 Å². The Morgan fingerprint density at radius 2 is 1.69 bits per heavy atom. The monoisotopic (exact) mass is 395 g/mol. The molecule has 150 valence electrons. The van der Waals surface area contributed by atoms with Gasteiger partial charge in [0.15, 0.2) is 6.61 Å². The molecule has 0 atom stereocenters. The van der Waals surface area contributed by atoms with E-state index in [0.717, 1.165) is 5.69 Å². The number of aromatic nitrogens is 2. The summed E-state index contributed by atoms with van der Waals surface area (Å²) in [6.07, 6.45) is 1.55. The van der Waals surface area contributed by atoms with E-state index in [0.29, 0.717) is 24.3 Å². The summed E-state index contributed by atoms with van der Waals surface area (Å²) < 4.78 is 20.1. The predicted octanol–water partition coefficient (Wildman–Crippen LogP) is 3.70. The van der Waals surface area contributed by atoms with Gasteiger partial charge in [-0.05, 0) is 50.2 Å². The first kappa shape index (κ1) is 20.3. The van der Waals surface area contributed by atoms with E-state index in [4.69, 9.17) is 4.74 Å². The Hall–Kier alpha value is -3.48. The molecule has 0 spiro atoms. The Kier molecular flexibility index (Phi) is 6.39. The zero-order valence-corrected chi connectivity index (χ0v) is 16.3. The largest absolute Gasteiger partial charge is 0.452 e. The molecular weight excluding hydrogens is 373 g/mol. The van der Waals surface area contributed by atoms with Gasteiger partial charge in [0.25, 0.3) is 5.91 Å². The summed E-state index contributed by atoms with van der Waals surface area (Å²) in [5.41, 5.74) is 1.89. The van der Waals surface area contributed by atoms with Crippen molar-refractivity contribution in [2.45, 2.75) is 13.8 Å². The third-order valence-corrected chi connectivity index (χ3v) is 4.52. The summed E-state index contributed by atoms with van der Waals surface area (Å²) >= 11 is 0. The van der Waals surface area contributed by atoms with Crippen molar-refractivity contribution in [2.75, 3.05) is 19.7 Å². The summed E-state index contributed by atoms with van der Waals surface area (Å²) in [7, 11) is 0. The van der Waals surface area contributed by atoms with Crippen molar-refractivity contribution in [1.82, 2.24) is 14.7 Å². The maximum Gasteiger partial charge on any atom is 0.342 e. The third kappa shape index (κ3) is 4.68. The molecule has 0 aliphatic rings. The molecule has 0 radical (unpaired) electrons. The molecule has 0 saturated carbocycles. The van der Waals surface area contributed by atoms with Crippen LogP contribution in [0.1, 0.15) is 24.2 Å². The molecule has 1 aromatic heterocycles. The number of carbonyl (C=O) groups is 2. The van der Waals surface area contributed by atoms with E-state index in [-0.39, 0.29) is 23.9 Å². The molecule has 0 fully saturated rings. The molecule has 0 unspecified atom stereocenters. The molecule has 0 aliphatic carbocycles. The lowest BCUT2D eigenvalue weighted by Crippen LogP contribution is -2.34. The average Bonchev–Trinajstić information content (AvgIpc) is 3.19. The molecular formula is C22H22FN3O3. The number of hydrogen-bond acceptors (Lipinski definition) is 4. The second-order valence-corrected chi connectivity index (χ2v) is 6.32. The van der Waals surface area contributed by atoms with Crippen molar-refractivity contribution in [1.29, 1.82) is 0 Å². The minimum Gasteiger partial charge on any atom is -0.452 e. The molecule has 0 bridgehead atoms. The van der Waals surface area contributed by atoms with Crippen molar-refractivity contribution >= 4 is 11.9 Å². The SMILES string of the molecule is CCN(CC)C(=O)COC(=O)c1cn(-c2ccccc2)nc1-c1ccc(F)cc1. The Balaban J connectivity index is 1.91. The first-order valence-corrected chi connectivity index (χ1v) is 9.39. The molecule has 0 aliphatic heterocycles. The van der Waals surface area contributed by atoms with E-state index >= 15 is 0 Å². The number of esters is 1. The van der Waals surface area contributed by atoms with E-state index in [1.165, 1.54) is 12.1 Å². The summed E-state index contributed by atoms with van der Waals surface area (Å²) in [5.74, 6) is -1.31. The van der Waals surface area contributed by atoms with Crippen molar-refractivity contribution in [2.24, 2.45) is 0 Å². The normalized spacial score (nSPS) is 10.6. The Morgan fingerprint density at radius 1 is 1.03 bits per heavy atom. The number of benzene rings is 2. The first-order chi connectivity index (χ1) is 14.0. The van der Waals surface area contributed by atoms with E-state index in [1.807, 2.05) is 44.2 Å². The number of para-hydroxylation sites is 1. The van der Waals surface area contributed by atoms with Crippen LogP contribution in [0.2, 0.25) is 0 Å². The predicted molar refractivity (Wildman–Crippen MR) is 107 cm³/mol. The van der Waals surface area contributed by atoms with Crippen LogP contribution >= 0.6 is 0 Å². The van der Waals surface area contributed by atoms with Gasteiger partial charge in [-0.3, -0.25) is 4.79 Å². The van der Waals surface area contributed by atoms with E-state index in [1.54, 1.807) is 27.9 Å². The molecule has 3 rings (SSSR count). The van der Waals surface area contributed by atoms with E-state index in [2.05, 4.69) is 5.10 Å². The van der Waals surface area contributed by atoms with Gasteiger partial charge >= 0.3 is 5.97 Å². The lowest BCUT2D eigenvalue weighted by Gasteiger charge is -2.18. The Morgan fingerprint density at radius 3 is 2.31 bits per heavy atom. The van der Waals surface area contributed by atoms with Gasteiger partial charge in [0.2, 0.25) is 0 Å². The second kappa shape index (κ2) is 9.14. The molecule has 1 heterocycles. The van der Waals surface area contributed by atoms with Crippen molar-refractivity contribution < 1.29 is 18.7 Å². The number of rotatable bonds is 7. The maximum atomic E-state index is 13.3. The van der Waals surface area contributed by atoms with Crippen LogP contribution in [0.15, 0.2) is 60.8 Å². The number of nitrogens with zero attached hydrogens (tertiary/aromatic N) is 3. The fourth-order valence-electron chi connectivity index (χ4n) is 2.93. The topological polar surface area (TPSA) is 64.4 Å². The van der Waals surface area contributed by atoms with Gasteiger partial charge in [-0.2, -0.15) is 5.10 Å². The quantitative estimate of drug-likeness (QED) is 0.572. The minimum absolute atomic E-state index is 0.202. The smallest absolute Gasteiger partial charge is 0.342 e. The first-order valence-electron chi connectivity index (χ1n) is 9.39. The van der Waals surface area contributed by atoms with Crippen LogP contribution in [0.5, 0.6) is 0 Å². The van der Waals surface area contributed by atoms with Gasteiger partial charge in [-0.25, -0.2) is 13.9 Å². The lowest BCUT2D eigenvalue weighted by atomic mass is 10.1. The molecule has 1 amide bonds. The summed E-state index contributed by atoms with van der Waals surface area (Å²) in [6, 6.07) is 15.0. The summed E-state index contributed by atoms with van der Waals surface area (Å²) in [5, 5.41) is 4.49. The number of halogens is 1. The third-order valence-electron chi connectivity index (χ3n) is 4.52. The number of hydrogen-bond donors (Lipinski definition) is 0. The highest BCUT2D eigenvalue weighted by molar-refractivity contribution is 5.97. The zero-order valence-electron chi connectivity index (χ0n) is 16.3. The van der Waals surface area contributed by atoms with Crippen LogP contribution < -0.4 is 0 Å². The number of likely N-dealkylation sites (N-methyl/N-ethyl adjacent to an activating group) is 1. The van der Waals surface area contributed by atoms with Gasteiger partial charge < -0.3 is 9.64 Å². The molecule has 7 heteroatoms. The highest BCUT2D eigenvalue weighted by Crippen LogP contribution is 2.25. The summed E-state index contributed by atoms with van der Waals surface area (Å²) in [4.78, 5) is 26.5. The van der Waals surface area contributed by atoms with Crippen LogP contribution in [0.25, 0.3) is 16.9 Å². The Bertz CT molecular complexity index is 980. The second-order valence-electron chi connectivity index (χ2n) is 6.32. The van der Waals surface area contributed by atoms with Crippen LogP contribution in [0, 0.1) is 5.82 Å². The fourth-order valence-corrected chi connectivity index (χ4v) is 2.93. The van der Waals surface area contributed by atoms with Crippen LogP contribution in [-0.2, 0) is 9.53 Å². The molecule has 6 nitrogen and oxygen atoms in total. The van der Waals surface area contributed by atoms with Crippen LogP contribution in [0.3, 0.4) is 0 Å². The van der Waals surface area contributed by atoms with Crippen molar-refractivity contribution in [3.63, 3.8) is 0 Å². The average molecular weight is 395 g/mol. The van der Waals surface area contributed by atoms with Crippen LogP contribution in [0.4, 0.5) is 4.39 Å². The molecule has 3 aromatic rings. The number of carbonyl (C=O) groups excluding carboxylic acids is 2. The summed E-state index contributed by atoms with van der Waals surface area (Å²) in [6.45, 7) is 4.46.